The van der Waals surface area contributed by atoms with Gasteiger partial charge in [-0.05, 0) is 38.5 Å². The molecule has 0 aliphatic rings. The number of hydrogen-bond acceptors (Lipinski definition) is 3. The maximum atomic E-state index is 13.8. The van der Waals surface area contributed by atoms with Crippen LogP contribution in [0.1, 0.15) is 32.3 Å². The number of amides is 1. The van der Waals surface area contributed by atoms with Gasteiger partial charge in [-0.15, -0.1) is 0 Å². The van der Waals surface area contributed by atoms with E-state index in [2.05, 4.69) is 5.32 Å². The van der Waals surface area contributed by atoms with Crippen molar-refractivity contribution >= 4 is 17.7 Å². The van der Waals surface area contributed by atoms with Gasteiger partial charge in [0.2, 0.25) is 0 Å². The molecule has 1 aromatic rings. The fourth-order valence-electron chi connectivity index (χ4n) is 1.69. The van der Waals surface area contributed by atoms with Crippen LogP contribution in [0.3, 0.4) is 0 Å². The van der Waals surface area contributed by atoms with Crippen LogP contribution in [0.25, 0.3) is 0 Å². The molecule has 21 heavy (non-hydrogen) atoms. The van der Waals surface area contributed by atoms with Crippen LogP contribution >= 0.6 is 11.6 Å². The fourth-order valence-corrected chi connectivity index (χ4v) is 1.84. The van der Waals surface area contributed by atoms with Crippen LogP contribution in [0.15, 0.2) is 12.1 Å². The Balaban J connectivity index is 2.76. The first-order valence-corrected chi connectivity index (χ1v) is 6.83. The Morgan fingerprint density at radius 1 is 1.38 bits per heavy atom. The number of carbonyl (C=O) groups excluding carboxylic acids is 1. The molecule has 1 aromatic carbocycles. The molecule has 0 bridgehead atoms. The molecule has 0 saturated carbocycles. The Kier molecular flexibility index (Phi) is 5.92. The Labute approximate surface area is 127 Å². The molecule has 7 heteroatoms. The average molecular weight is 321 g/mol. The number of halogens is 3. The molecule has 0 radical (unpaired) electrons. The predicted molar refractivity (Wildman–Crippen MR) is 77.4 cm³/mol. The van der Waals surface area contributed by atoms with Gasteiger partial charge in [0.1, 0.15) is 17.2 Å². The molecule has 3 N–H and O–H groups in total. The minimum atomic E-state index is -0.733. The third kappa shape index (κ3) is 5.47. The third-order valence-corrected chi connectivity index (χ3v) is 2.95. The molecule has 0 aromatic heterocycles. The van der Waals surface area contributed by atoms with Crippen molar-refractivity contribution in [2.45, 2.75) is 32.3 Å². The fraction of sp³-hybridized carbons (Fsp3) is 0.500. The molecular formula is C14H19ClF2N2O2. The Morgan fingerprint density at radius 3 is 2.52 bits per heavy atom. The first kappa shape index (κ1) is 17.7. The highest BCUT2D eigenvalue weighted by atomic mass is 35.5. The van der Waals surface area contributed by atoms with E-state index < -0.39 is 29.2 Å². The zero-order valence-electron chi connectivity index (χ0n) is 12.2. The Hall–Kier alpha value is -1.40. The van der Waals surface area contributed by atoms with E-state index in [0.29, 0.717) is 0 Å². The van der Waals surface area contributed by atoms with Crippen LogP contribution in [0, 0.1) is 11.6 Å². The summed E-state index contributed by atoms with van der Waals surface area (Å²) < 4.78 is 32.3. The lowest BCUT2D eigenvalue weighted by Gasteiger charge is -2.22. The molecule has 0 aliphatic carbocycles. The quantitative estimate of drug-likeness (QED) is 0.837. The average Bonchev–Trinajstić information content (AvgIpc) is 2.33. The van der Waals surface area contributed by atoms with E-state index >= 15 is 0 Å². The summed E-state index contributed by atoms with van der Waals surface area (Å²) in [5.74, 6) is -1.98. The molecular weight excluding hydrogens is 302 g/mol. The Morgan fingerprint density at radius 2 is 2.00 bits per heavy atom. The minimum Gasteiger partial charge on any atom is -0.444 e. The standard InChI is InChI=1S/C14H19ClF2N2O2/c1-14(2,3)21-13(20)19-7-8(6-18)9-4-12(17)10(15)5-11(9)16/h4-5,8H,6-7,18H2,1-3H3,(H,19,20). The molecule has 4 nitrogen and oxygen atoms in total. The van der Waals surface area contributed by atoms with Gasteiger partial charge in [-0.3, -0.25) is 0 Å². The molecule has 0 spiro atoms. The van der Waals surface area contributed by atoms with E-state index in [1.165, 1.54) is 0 Å². The van der Waals surface area contributed by atoms with Crippen LogP contribution < -0.4 is 11.1 Å². The number of ether oxygens (including phenoxy) is 1. The van der Waals surface area contributed by atoms with Crippen LogP contribution in [0.4, 0.5) is 13.6 Å². The van der Waals surface area contributed by atoms with Crippen molar-refractivity contribution < 1.29 is 18.3 Å². The number of alkyl carbamates (subject to hydrolysis) is 1. The summed E-state index contributed by atoms with van der Waals surface area (Å²) in [5, 5.41) is 2.19. The summed E-state index contributed by atoms with van der Waals surface area (Å²) in [4.78, 5) is 11.6. The molecule has 0 fully saturated rings. The molecule has 1 amide bonds. The number of rotatable bonds is 4. The summed E-state index contributed by atoms with van der Waals surface area (Å²) in [7, 11) is 0. The van der Waals surface area contributed by atoms with Crippen molar-refractivity contribution in [1.82, 2.24) is 5.32 Å². The predicted octanol–water partition coefficient (Wildman–Crippen LogP) is 3.19. The van der Waals surface area contributed by atoms with Gasteiger partial charge < -0.3 is 15.8 Å². The van der Waals surface area contributed by atoms with Crippen LogP contribution in [0.5, 0.6) is 0 Å². The molecule has 118 valence electrons. The van der Waals surface area contributed by atoms with Crippen LogP contribution in [0.2, 0.25) is 5.02 Å². The van der Waals surface area contributed by atoms with Gasteiger partial charge in [-0.25, -0.2) is 13.6 Å². The Bertz CT molecular complexity index is 518. The van der Waals surface area contributed by atoms with Gasteiger partial charge in [-0.2, -0.15) is 0 Å². The molecule has 0 heterocycles. The van der Waals surface area contributed by atoms with Crippen molar-refractivity contribution in [2.24, 2.45) is 5.73 Å². The van der Waals surface area contributed by atoms with Crippen molar-refractivity contribution in [3.05, 3.63) is 34.4 Å². The third-order valence-electron chi connectivity index (χ3n) is 2.66. The van der Waals surface area contributed by atoms with Crippen molar-refractivity contribution in [3.8, 4) is 0 Å². The summed E-state index contributed by atoms with van der Waals surface area (Å²) in [5.41, 5.74) is 4.99. The van der Waals surface area contributed by atoms with Gasteiger partial charge in [0.25, 0.3) is 0 Å². The zero-order chi connectivity index (χ0) is 16.2. The van der Waals surface area contributed by atoms with E-state index in [-0.39, 0.29) is 23.7 Å². The van der Waals surface area contributed by atoms with E-state index in [9.17, 15) is 13.6 Å². The molecule has 0 aliphatic heterocycles. The lowest BCUT2D eigenvalue weighted by molar-refractivity contribution is 0.0524. The van der Waals surface area contributed by atoms with Gasteiger partial charge >= 0.3 is 6.09 Å². The van der Waals surface area contributed by atoms with Gasteiger partial charge in [0, 0.05) is 19.0 Å². The first-order chi connectivity index (χ1) is 9.64. The van der Waals surface area contributed by atoms with E-state index in [4.69, 9.17) is 22.1 Å². The van der Waals surface area contributed by atoms with E-state index in [1.807, 2.05) is 0 Å². The number of carbonyl (C=O) groups is 1. The largest absolute Gasteiger partial charge is 0.444 e. The number of nitrogens with one attached hydrogen (secondary N) is 1. The highest BCUT2D eigenvalue weighted by Gasteiger charge is 2.20. The lowest BCUT2D eigenvalue weighted by Crippen LogP contribution is -2.36. The molecule has 1 unspecified atom stereocenters. The SMILES string of the molecule is CC(C)(C)OC(=O)NCC(CN)c1cc(F)c(Cl)cc1F. The second-order valence-electron chi connectivity index (χ2n) is 5.60. The molecule has 1 rings (SSSR count). The second kappa shape index (κ2) is 7.04. The van der Waals surface area contributed by atoms with Gasteiger partial charge in [0.05, 0.1) is 5.02 Å². The van der Waals surface area contributed by atoms with Crippen molar-refractivity contribution in [1.29, 1.82) is 0 Å². The summed E-state index contributed by atoms with van der Waals surface area (Å²) in [6.07, 6.45) is -0.643. The first-order valence-electron chi connectivity index (χ1n) is 6.45. The maximum Gasteiger partial charge on any atom is 0.407 e. The number of nitrogens with two attached hydrogens (primary N) is 1. The summed E-state index contributed by atoms with van der Waals surface area (Å²) >= 11 is 5.50. The van der Waals surface area contributed by atoms with Gasteiger partial charge in [0.15, 0.2) is 0 Å². The van der Waals surface area contributed by atoms with E-state index in [0.717, 1.165) is 12.1 Å². The van der Waals surface area contributed by atoms with E-state index in [1.54, 1.807) is 20.8 Å². The molecule has 0 saturated heterocycles. The zero-order valence-corrected chi connectivity index (χ0v) is 12.9. The van der Waals surface area contributed by atoms with Crippen molar-refractivity contribution in [2.75, 3.05) is 13.1 Å². The second-order valence-corrected chi connectivity index (χ2v) is 6.01. The minimum absolute atomic E-state index is 0.0312. The number of hydrogen-bond donors (Lipinski definition) is 2. The van der Waals surface area contributed by atoms with Gasteiger partial charge in [-0.1, -0.05) is 11.6 Å². The topological polar surface area (TPSA) is 64.3 Å². The lowest BCUT2D eigenvalue weighted by atomic mass is 9.98. The monoisotopic (exact) mass is 320 g/mol. The van der Waals surface area contributed by atoms with Crippen molar-refractivity contribution in [3.63, 3.8) is 0 Å². The summed E-state index contributed by atoms with van der Waals surface area (Å²) in [6.45, 7) is 5.24. The highest BCUT2D eigenvalue weighted by molar-refractivity contribution is 6.30. The maximum absolute atomic E-state index is 13.8. The normalized spacial score (nSPS) is 12.9. The van der Waals surface area contributed by atoms with Crippen LogP contribution in [-0.2, 0) is 4.74 Å². The number of benzene rings is 1. The highest BCUT2D eigenvalue weighted by Crippen LogP contribution is 2.24. The smallest absolute Gasteiger partial charge is 0.407 e. The molecule has 1 atom stereocenters. The summed E-state index contributed by atoms with van der Waals surface area (Å²) in [6, 6.07) is 1.88. The van der Waals surface area contributed by atoms with Crippen LogP contribution in [-0.4, -0.2) is 24.8 Å².